The van der Waals surface area contributed by atoms with Crippen molar-refractivity contribution in [1.29, 1.82) is 0 Å². The van der Waals surface area contributed by atoms with Gasteiger partial charge in [0.05, 0.1) is 0 Å². The largest absolute Gasteiger partial charge is 0.380 e. The third-order valence-corrected chi connectivity index (χ3v) is 4.44. The third-order valence-electron chi connectivity index (χ3n) is 4.44. The van der Waals surface area contributed by atoms with E-state index >= 15 is 0 Å². The zero-order valence-corrected chi connectivity index (χ0v) is 13.5. The van der Waals surface area contributed by atoms with Gasteiger partial charge in [-0.2, -0.15) is 0 Å². The molecule has 0 radical (unpaired) electrons. The van der Waals surface area contributed by atoms with Gasteiger partial charge in [0.2, 0.25) is 0 Å². The second-order valence-corrected chi connectivity index (χ2v) is 6.09. The van der Waals surface area contributed by atoms with Crippen molar-refractivity contribution in [2.45, 2.75) is 24.9 Å². The Morgan fingerprint density at radius 3 is 2.58 bits per heavy atom. The average Bonchev–Trinajstić information content (AvgIpc) is 2.61. The highest BCUT2D eigenvalue weighted by molar-refractivity contribution is 6.00. The number of amides is 2. The number of benzene rings is 2. The fourth-order valence-electron chi connectivity index (χ4n) is 3.04. The molecule has 0 saturated heterocycles. The van der Waals surface area contributed by atoms with E-state index in [2.05, 4.69) is 10.6 Å². The van der Waals surface area contributed by atoms with Crippen molar-refractivity contribution in [2.24, 2.45) is 0 Å². The highest BCUT2D eigenvalue weighted by Crippen LogP contribution is 2.29. The predicted molar refractivity (Wildman–Crippen MR) is 91.9 cm³/mol. The molecular formula is C19H20N2O3. The SMILES string of the molecule is CNC(=O)c1cccc(NC(=O)C2(O)CCc3ccccc3C2)c1. The second kappa shape index (κ2) is 6.45. The van der Waals surface area contributed by atoms with Gasteiger partial charge in [0.25, 0.3) is 11.8 Å². The van der Waals surface area contributed by atoms with Crippen molar-refractivity contribution in [2.75, 3.05) is 12.4 Å². The molecule has 0 aliphatic heterocycles. The third kappa shape index (κ3) is 3.16. The van der Waals surface area contributed by atoms with Crippen LogP contribution in [0.3, 0.4) is 0 Å². The fraction of sp³-hybridized carbons (Fsp3) is 0.263. The smallest absolute Gasteiger partial charge is 0.256 e. The molecule has 3 N–H and O–H groups in total. The van der Waals surface area contributed by atoms with Crippen molar-refractivity contribution in [1.82, 2.24) is 5.32 Å². The van der Waals surface area contributed by atoms with Gasteiger partial charge in [-0.3, -0.25) is 9.59 Å². The van der Waals surface area contributed by atoms with Gasteiger partial charge in [-0.25, -0.2) is 0 Å². The molecule has 1 aliphatic carbocycles. The molecule has 1 aliphatic rings. The first-order chi connectivity index (χ1) is 11.5. The molecule has 24 heavy (non-hydrogen) atoms. The summed E-state index contributed by atoms with van der Waals surface area (Å²) >= 11 is 0. The van der Waals surface area contributed by atoms with Gasteiger partial charge in [0.1, 0.15) is 5.60 Å². The lowest BCUT2D eigenvalue weighted by molar-refractivity contribution is -0.135. The van der Waals surface area contributed by atoms with Gasteiger partial charge in [0.15, 0.2) is 0 Å². The van der Waals surface area contributed by atoms with Crippen LogP contribution >= 0.6 is 0 Å². The molecule has 0 fully saturated rings. The minimum Gasteiger partial charge on any atom is -0.380 e. The summed E-state index contributed by atoms with van der Waals surface area (Å²) in [5, 5.41) is 16.1. The van der Waals surface area contributed by atoms with E-state index in [1.807, 2.05) is 24.3 Å². The first-order valence-corrected chi connectivity index (χ1v) is 7.94. The quantitative estimate of drug-likeness (QED) is 0.807. The van der Waals surface area contributed by atoms with E-state index in [0.29, 0.717) is 30.5 Å². The van der Waals surface area contributed by atoms with Crippen molar-refractivity contribution in [3.05, 3.63) is 65.2 Å². The number of fused-ring (bicyclic) bond motifs is 1. The molecule has 0 saturated carbocycles. The van der Waals surface area contributed by atoms with E-state index in [1.54, 1.807) is 31.3 Å². The zero-order chi connectivity index (χ0) is 17.2. The molecule has 2 amide bonds. The lowest BCUT2D eigenvalue weighted by Gasteiger charge is -2.32. The summed E-state index contributed by atoms with van der Waals surface area (Å²) in [6.45, 7) is 0. The van der Waals surface area contributed by atoms with Crippen molar-refractivity contribution < 1.29 is 14.7 Å². The van der Waals surface area contributed by atoms with Gasteiger partial charge >= 0.3 is 0 Å². The average molecular weight is 324 g/mol. The molecule has 0 spiro atoms. The van der Waals surface area contributed by atoms with E-state index in [0.717, 1.165) is 5.56 Å². The van der Waals surface area contributed by atoms with Gasteiger partial charge in [-0.1, -0.05) is 30.3 Å². The monoisotopic (exact) mass is 324 g/mol. The van der Waals surface area contributed by atoms with Gasteiger partial charge < -0.3 is 15.7 Å². The number of aryl methyl sites for hydroxylation is 1. The van der Waals surface area contributed by atoms with Crippen LogP contribution in [0.4, 0.5) is 5.69 Å². The topological polar surface area (TPSA) is 78.4 Å². The van der Waals surface area contributed by atoms with Crippen LogP contribution in [-0.4, -0.2) is 29.6 Å². The predicted octanol–water partition coefficient (Wildman–Crippen LogP) is 1.90. The summed E-state index contributed by atoms with van der Waals surface area (Å²) in [5.41, 5.74) is 1.69. The van der Waals surface area contributed by atoms with Gasteiger partial charge in [-0.05, 0) is 42.2 Å². The van der Waals surface area contributed by atoms with Crippen LogP contribution < -0.4 is 10.6 Å². The maximum absolute atomic E-state index is 12.6. The molecule has 1 unspecified atom stereocenters. The second-order valence-electron chi connectivity index (χ2n) is 6.09. The molecule has 5 heteroatoms. The summed E-state index contributed by atoms with van der Waals surface area (Å²) in [5.74, 6) is -0.664. The van der Waals surface area contributed by atoms with Crippen molar-refractivity contribution >= 4 is 17.5 Å². The number of carbonyl (C=O) groups is 2. The van der Waals surface area contributed by atoms with E-state index in [9.17, 15) is 14.7 Å². The Balaban J connectivity index is 1.77. The molecule has 1 atom stereocenters. The molecule has 0 aromatic heterocycles. The lowest BCUT2D eigenvalue weighted by atomic mass is 9.80. The number of nitrogens with one attached hydrogen (secondary N) is 2. The van der Waals surface area contributed by atoms with Crippen molar-refractivity contribution in [3.8, 4) is 0 Å². The summed E-state index contributed by atoms with van der Waals surface area (Å²) in [4.78, 5) is 24.3. The Kier molecular flexibility index (Phi) is 4.36. The molecule has 0 heterocycles. The van der Waals surface area contributed by atoms with Crippen LogP contribution in [0.2, 0.25) is 0 Å². The Hall–Kier alpha value is -2.66. The maximum Gasteiger partial charge on any atom is 0.256 e. The summed E-state index contributed by atoms with van der Waals surface area (Å²) in [6.07, 6.45) is 1.34. The summed E-state index contributed by atoms with van der Waals surface area (Å²) < 4.78 is 0. The van der Waals surface area contributed by atoms with E-state index in [4.69, 9.17) is 0 Å². The van der Waals surface area contributed by atoms with Crippen LogP contribution in [0, 0.1) is 0 Å². The molecule has 2 aromatic rings. The standard InChI is InChI=1S/C19H20N2O3/c1-20-17(22)14-7-4-8-16(11-14)21-18(23)19(24)10-9-13-5-2-3-6-15(13)12-19/h2-8,11,24H,9-10,12H2,1H3,(H,20,22)(H,21,23). The number of carbonyl (C=O) groups excluding carboxylic acids is 2. The van der Waals surface area contributed by atoms with Gasteiger partial charge in [0, 0.05) is 24.7 Å². The van der Waals surface area contributed by atoms with E-state index < -0.39 is 11.5 Å². The lowest BCUT2D eigenvalue weighted by Crippen LogP contribution is -2.47. The van der Waals surface area contributed by atoms with Crippen LogP contribution in [-0.2, 0) is 17.6 Å². The highest BCUT2D eigenvalue weighted by Gasteiger charge is 2.39. The zero-order valence-electron chi connectivity index (χ0n) is 13.5. The number of hydrogen-bond donors (Lipinski definition) is 3. The Labute approximate surface area is 140 Å². The normalized spacial score (nSPS) is 19.2. The molecule has 0 bridgehead atoms. The number of aliphatic hydroxyl groups is 1. The van der Waals surface area contributed by atoms with Crippen LogP contribution in [0.5, 0.6) is 0 Å². The molecule has 3 rings (SSSR count). The minimum atomic E-state index is -1.43. The highest BCUT2D eigenvalue weighted by atomic mass is 16.3. The Bertz CT molecular complexity index is 788. The Morgan fingerprint density at radius 1 is 1.08 bits per heavy atom. The first-order valence-electron chi connectivity index (χ1n) is 7.94. The molecule has 2 aromatic carbocycles. The summed E-state index contributed by atoms with van der Waals surface area (Å²) in [6, 6.07) is 14.5. The first kappa shape index (κ1) is 16.2. The molecule has 124 valence electrons. The fourth-order valence-corrected chi connectivity index (χ4v) is 3.04. The maximum atomic E-state index is 12.6. The van der Waals surface area contributed by atoms with Crippen LogP contribution in [0.25, 0.3) is 0 Å². The van der Waals surface area contributed by atoms with Crippen LogP contribution in [0.1, 0.15) is 27.9 Å². The van der Waals surface area contributed by atoms with Crippen molar-refractivity contribution in [3.63, 3.8) is 0 Å². The van der Waals surface area contributed by atoms with Crippen LogP contribution in [0.15, 0.2) is 48.5 Å². The molecule has 5 nitrogen and oxygen atoms in total. The number of anilines is 1. The summed E-state index contributed by atoms with van der Waals surface area (Å²) in [7, 11) is 1.55. The Morgan fingerprint density at radius 2 is 1.83 bits per heavy atom. The van der Waals surface area contributed by atoms with Gasteiger partial charge in [-0.15, -0.1) is 0 Å². The van der Waals surface area contributed by atoms with E-state index in [-0.39, 0.29) is 5.91 Å². The minimum absolute atomic E-state index is 0.226. The number of hydrogen-bond acceptors (Lipinski definition) is 3. The number of rotatable bonds is 3. The van der Waals surface area contributed by atoms with E-state index in [1.165, 1.54) is 5.56 Å². The molecular weight excluding hydrogens is 304 g/mol.